The monoisotopic (exact) mass is 553 g/mol. The normalized spacial score (nSPS) is 14.2. The summed E-state index contributed by atoms with van der Waals surface area (Å²) in [5.74, 6) is 2.12. The number of carbonyl (C=O) groups is 1. The van der Waals surface area contributed by atoms with E-state index in [2.05, 4.69) is 4.98 Å². The lowest BCUT2D eigenvalue weighted by Gasteiger charge is -2.26. The van der Waals surface area contributed by atoms with Crippen LogP contribution in [0.25, 0.3) is 6.08 Å². The van der Waals surface area contributed by atoms with Crippen molar-refractivity contribution in [2.45, 2.75) is 6.10 Å². The van der Waals surface area contributed by atoms with Gasteiger partial charge in [-0.1, -0.05) is 12.1 Å². The number of hydrogen-bond donors (Lipinski definition) is 0. The maximum atomic E-state index is 13.4. The molecule has 0 saturated heterocycles. The molecule has 1 aliphatic rings. The molecule has 2 heterocycles. The van der Waals surface area contributed by atoms with Crippen molar-refractivity contribution in [3.05, 3.63) is 71.4 Å². The molecule has 4 rings (SSSR count). The van der Waals surface area contributed by atoms with Crippen molar-refractivity contribution in [3.63, 3.8) is 0 Å². The van der Waals surface area contributed by atoms with E-state index in [-0.39, 0.29) is 49.3 Å². The van der Waals surface area contributed by atoms with Crippen LogP contribution in [0.1, 0.15) is 27.6 Å². The van der Waals surface area contributed by atoms with E-state index in [1.165, 1.54) is 27.4 Å². The fourth-order valence-electron chi connectivity index (χ4n) is 3.81. The summed E-state index contributed by atoms with van der Waals surface area (Å²) in [6.45, 7) is 0.164. The molecule has 0 fully saturated rings. The van der Waals surface area contributed by atoms with Gasteiger partial charge in [-0.2, -0.15) is 0 Å². The SMILES string of the molecule is COCOc1cc(OCOC)c(C(=O)C=Cc2ccc3c(c2)OC(c2ccc(OC)nc2)CO3)c(OCOC)c1. The first kappa shape index (κ1) is 28.7. The minimum absolute atomic E-state index is 0.000575. The number of hydrogen-bond acceptors (Lipinski definition) is 11. The maximum Gasteiger partial charge on any atom is 0.212 e. The van der Waals surface area contributed by atoms with Crippen molar-refractivity contribution in [1.29, 1.82) is 0 Å². The first-order valence-corrected chi connectivity index (χ1v) is 12.2. The Hall–Kier alpha value is -4.32. The third-order valence-corrected chi connectivity index (χ3v) is 5.69. The van der Waals surface area contributed by atoms with Gasteiger partial charge in [0.1, 0.15) is 29.4 Å². The lowest BCUT2D eigenvalue weighted by atomic mass is 10.1. The quantitative estimate of drug-likeness (QED) is 0.160. The number of methoxy groups -OCH3 is 4. The van der Waals surface area contributed by atoms with Crippen molar-refractivity contribution in [3.8, 4) is 34.6 Å². The van der Waals surface area contributed by atoms with Gasteiger partial charge in [0, 0.05) is 51.3 Å². The Kier molecular flexibility index (Phi) is 10.2. The average Bonchev–Trinajstić information content (AvgIpc) is 3.00. The molecule has 0 aliphatic carbocycles. The Bertz CT molecular complexity index is 1280. The van der Waals surface area contributed by atoms with E-state index in [1.54, 1.807) is 49.7 Å². The standard InChI is InChI=1S/C29H31NO10/c1-32-16-37-21-12-25(38-17-33-2)29(26(13-21)39-18-34-3)22(31)8-5-19-6-9-23-24(11-19)40-27(15-36-23)20-7-10-28(35-4)30-14-20/h5-14,27H,15-18H2,1-4H3. The summed E-state index contributed by atoms with van der Waals surface area (Å²) < 4.78 is 49.1. The van der Waals surface area contributed by atoms with Gasteiger partial charge in [0.2, 0.25) is 5.88 Å². The highest BCUT2D eigenvalue weighted by Gasteiger charge is 2.24. The van der Waals surface area contributed by atoms with Crippen molar-refractivity contribution in [2.75, 3.05) is 55.4 Å². The second kappa shape index (κ2) is 14.2. The average molecular weight is 554 g/mol. The lowest BCUT2D eigenvalue weighted by Crippen LogP contribution is -2.21. The highest BCUT2D eigenvalue weighted by Crippen LogP contribution is 2.38. The van der Waals surface area contributed by atoms with Crippen LogP contribution in [0, 0.1) is 0 Å². The fourth-order valence-corrected chi connectivity index (χ4v) is 3.81. The molecule has 1 atom stereocenters. The van der Waals surface area contributed by atoms with E-state index < -0.39 is 0 Å². The summed E-state index contributed by atoms with van der Waals surface area (Å²) in [6.07, 6.45) is 4.44. The Morgan fingerprint density at radius 1 is 0.900 bits per heavy atom. The molecule has 1 aromatic heterocycles. The topological polar surface area (TPSA) is 113 Å². The van der Waals surface area contributed by atoms with Crippen molar-refractivity contribution >= 4 is 11.9 Å². The zero-order valence-corrected chi connectivity index (χ0v) is 22.7. The number of ketones is 1. The number of aromatic nitrogens is 1. The summed E-state index contributed by atoms with van der Waals surface area (Å²) in [5, 5.41) is 0. The molecule has 3 aromatic rings. The van der Waals surface area contributed by atoms with Gasteiger partial charge >= 0.3 is 0 Å². The smallest absolute Gasteiger partial charge is 0.212 e. The second-order valence-corrected chi connectivity index (χ2v) is 8.40. The number of fused-ring (bicyclic) bond motifs is 1. The van der Waals surface area contributed by atoms with E-state index in [0.717, 1.165) is 11.1 Å². The number of carbonyl (C=O) groups excluding carboxylic acids is 1. The number of ether oxygens (including phenoxy) is 9. The van der Waals surface area contributed by atoms with E-state index in [4.69, 9.17) is 42.6 Å². The molecular weight excluding hydrogens is 522 g/mol. The molecule has 0 amide bonds. The van der Waals surface area contributed by atoms with Crippen LogP contribution in [0.5, 0.6) is 34.6 Å². The molecule has 2 aromatic carbocycles. The maximum absolute atomic E-state index is 13.4. The number of allylic oxidation sites excluding steroid dienone is 1. The van der Waals surface area contributed by atoms with Gasteiger partial charge < -0.3 is 42.6 Å². The molecule has 11 nitrogen and oxygen atoms in total. The zero-order valence-electron chi connectivity index (χ0n) is 22.7. The number of nitrogens with zero attached hydrogens (tertiary/aromatic N) is 1. The van der Waals surface area contributed by atoms with Crippen molar-refractivity contribution in [1.82, 2.24) is 4.98 Å². The van der Waals surface area contributed by atoms with Gasteiger partial charge in [0.25, 0.3) is 0 Å². The highest BCUT2D eigenvalue weighted by molar-refractivity contribution is 6.10. The minimum atomic E-state index is -0.368. The van der Waals surface area contributed by atoms with Crippen LogP contribution >= 0.6 is 0 Å². The molecule has 40 heavy (non-hydrogen) atoms. The van der Waals surface area contributed by atoms with Gasteiger partial charge in [0.15, 0.2) is 43.8 Å². The van der Waals surface area contributed by atoms with Crippen LogP contribution in [0.4, 0.5) is 0 Å². The predicted octanol–water partition coefficient (Wildman–Crippen LogP) is 4.45. The summed E-state index contributed by atoms with van der Waals surface area (Å²) >= 11 is 0. The number of pyridine rings is 1. The summed E-state index contributed by atoms with van der Waals surface area (Å²) in [5.41, 5.74) is 1.76. The zero-order chi connectivity index (χ0) is 28.3. The van der Waals surface area contributed by atoms with Crippen LogP contribution in [0.15, 0.2) is 54.7 Å². The van der Waals surface area contributed by atoms with Crippen LogP contribution < -0.4 is 28.4 Å². The van der Waals surface area contributed by atoms with Crippen LogP contribution in [-0.2, 0) is 14.2 Å². The molecule has 0 radical (unpaired) electrons. The van der Waals surface area contributed by atoms with Gasteiger partial charge in [0.05, 0.1) is 7.11 Å². The van der Waals surface area contributed by atoms with E-state index in [1.807, 2.05) is 12.1 Å². The molecule has 0 spiro atoms. The summed E-state index contributed by atoms with van der Waals surface area (Å²) in [4.78, 5) is 17.7. The second-order valence-electron chi connectivity index (χ2n) is 8.40. The first-order chi connectivity index (χ1) is 19.6. The van der Waals surface area contributed by atoms with Gasteiger partial charge in [-0.05, 0) is 29.8 Å². The van der Waals surface area contributed by atoms with Crippen molar-refractivity contribution < 1.29 is 47.4 Å². The van der Waals surface area contributed by atoms with E-state index in [0.29, 0.717) is 29.7 Å². The van der Waals surface area contributed by atoms with Crippen molar-refractivity contribution in [2.24, 2.45) is 0 Å². The molecule has 1 aliphatic heterocycles. The molecule has 0 bridgehead atoms. The number of benzene rings is 2. The van der Waals surface area contributed by atoms with E-state index >= 15 is 0 Å². The van der Waals surface area contributed by atoms with Gasteiger partial charge in [-0.3, -0.25) is 4.79 Å². The van der Waals surface area contributed by atoms with Crippen LogP contribution in [-0.4, -0.2) is 66.2 Å². The Morgan fingerprint density at radius 2 is 1.60 bits per heavy atom. The van der Waals surface area contributed by atoms with Crippen LogP contribution in [0.3, 0.4) is 0 Å². The predicted molar refractivity (Wildman–Crippen MR) is 143 cm³/mol. The third kappa shape index (κ3) is 7.20. The number of rotatable bonds is 14. The summed E-state index contributed by atoms with van der Waals surface area (Å²) in [6, 6.07) is 12.2. The molecular formula is C29H31NO10. The molecule has 1 unspecified atom stereocenters. The largest absolute Gasteiger partial charge is 0.485 e. The first-order valence-electron chi connectivity index (χ1n) is 12.2. The minimum Gasteiger partial charge on any atom is -0.485 e. The molecule has 0 saturated carbocycles. The molecule has 212 valence electrons. The van der Waals surface area contributed by atoms with Gasteiger partial charge in [-0.15, -0.1) is 0 Å². The Morgan fingerprint density at radius 3 is 2.23 bits per heavy atom. The Balaban J connectivity index is 1.57. The lowest BCUT2D eigenvalue weighted by molar-refractivity contribution is 0.0400. The third-order valence-electron chi connectivity index (χ3n) is 5.69. The van der Waals surface area contributed by atoms with Gasteiger partial charge in [-0.25, -0.2) is 4.98 Å². The highest BCUT2D eigenvalue weighted by atomic mass is 16.7. The fraction of sp³-hybridized carbons (Fsp3) is 0.310. The van der Waals surface area contributed by atoms with Crippen LogP contribution in [0.2, 0.25) is 0 Å². The Labute approximate surface area is 232 Å². The molecule has 11 heteroatoms. The van der Waals surface area contributed by atoms with E-state index in [9.17, 15) is 4.79 Å². The summed E-state index contributed by atoms with van der Waals surface area (Å²) in [7, 11) is 6.02. The molecule has 0 N–H and O–H groups in total.